The van der Waals surface area contributed by atoms with Gasteiger partial charge in [-0.3, -0.25) is 0 Å². The molecule has 43 heavy (non-hydrogen) atoms. The second-order valence-electron chi connectivity index (χ2n) is 11.0. The molecule has 6 atom stereocenters. The molecule has 0 amide bonds. The summed E-state index contributed by atoms with van der Waals surface area (Å²) in [6.45, 7) is 5.32. The van der Waals surface area contributed by atoms with Crippen molar-refractivity contribution >= 4 is 0 Å². The van der Waals surface area contributed by atoms with Gasteiger partial charge in [0.25, 0.3) is 0 Å². The molecule has 10 heteroatoms. The number of hydrogen-bond acceptors (Lipinski definition) is 8. The molecule has 3 aromatic rings. The van der Waals surface area contributed by atoms with Crippen LogP contribution in [0.4, 0.5) is 0 Å². The standard InChI is InChI=1S/C33H39N3O7/c1-33(2)41-23-27(43-33)22-40-32-31(39-21-26-16-10-5-11-17-26)30(38-20-25-14-8-4-9-15-25)29(28(42-32)18-35-36-34)37-19-24-12-6-3-7-13-24/h3-17,27-32H,18-23H2,1-2H3/t27?,28-,29+,30+,31-,32-/m1/s1. The molecule has 0 spiro atoms. The second-order valence-corrected chi connectivity index (χ2v) is 11.0. The summed E-state index contributed by atoms with van der Waals surface area (Å²) in [6, 6.07) is 29.7. The highest BCUT2D eigenvalue weighted by Gasteiger charge is 2.49. The van der Waals surface area contributed by atoms with Gasteiger partial charge < -0.3 is 33.2 Å². The van der Waals surface area contributed by atoms with Gasteiger partial charge in [0.1, 0.15) is 24.4 Å². The van der Waals surface area contributed by atoms with Gasteiger partial charge >= 0.3 is 0 Å². The van der Waals surface area contributed by atoms with E-state index >= 15 is 0 Å². The Morgan fingerprint density at radius 1 is 0.744 bits per heavy atom. The summed E-state index contributed by atoms with van der Waals surface area (Å²) in [5.74, 6) is -0.688. The van der Waals surface area contributed by atoms with Gasteiger partial charge in [-0.25, -0.2) is 0 Å². The van der Waals surface area contributed by atoms with E-state index in [4.69, 9.17) is 33.2 Å². The molecule has 228 valence electrons. The van der Waals surface area contributed by atoms with Crippen molar-refractivity contribution in [3.8, 4) is 0 Å². The Hall–Kier alpha value is -3.31. The zero-order valence-electron chi connectivity index (χ0n) is 24.6. The summed E-state index contributed by atoms with van der Waals surface area (Å²) >= 11 is 0. The van der Waals surface area contributed by atoms with Crippen LogP contribution in [0.5, 0.6) is 0 Å². The van der Waals surface area contributed by atoms with Crippen molar-refractivity contribution in [2.45, 2.75) is 76.3 Å². The fraction of sp³-hybridized carbons (Fsp3) is 0.455. The van der Waals surface area contributed by atoms with Crippen LogP contribution >= 0.6 is 0 Å². The van der Waals surface area contributed by atoms with E-state index in [1.165, 1.54) is 0 Å². The first kappa shape index (κ1) is 31.1. The SMILES string of the molecule is CC1(C)OCC(CO[C@@H]2O[C@H](CN=[N+]=[N-])[C@H](OCc3ccccc3)[C@H](OCc3ccccc3)[C@H]2OCc2ccccc2)O1. The average Bonchev–Trinajstić information content (AvgIpc) is 3.39. The summed E-state index contributed by atoms with van der Waals surface area (Å²) in [4.78, 5) is 2.99. The van der Waals surface area contributed by atoms with Crippen molar-refractivity contribution in [1.82, 2.24) is 0 Å². The van der Waals surface area contributed by atoms with Gasteiger partial charge in [0.2, 0.25) is 0 Å². The molecule has 0 bridgehead atoms. The Morgan fingerprint density at radius 3 is 1.74 bits per heavy atom. The minimum Gasteiger partial charge on any atom is -0.368 e. The maximum absolute atomic E-state index is 9.18. The largest absolute Gasteiger partial charge is 0.368 e. The summed E-state index contributed by atoms with van der Waals surface area (Å²) < 4.78 is 44.2. The van der Waals surface area contributed by atoms with Crippen LogP contribution in [0.15, 0.2) is 96.1 Å². The predicted octanol–water partition coefficient (Wildman–Crippen LogP) is 5.95. The van der Waals surface area contributed by atoms with Crippen molar-refractivity contribution in [3.05, 3.63) is 118 Å². The average molecular weight is 590 g/mol. The van der Waals surface area contributed by atoms with Gasteiger partial charge in [0.05, 0.1) is 45.7 Å². The van der Waals surface area contributed by atoms with Gasteiger partial charge in [-0.05, 0) is 36.1 Å². The molecule has 0 aromatic heterocycles. The lowest BCUT2D eigenvalue weighted by atomic mass is 9.97. The van der Waals surface area contributed by atoms with E-state index in [1.807, 2.05) is 105 Å². The van der Waals surface area contributed by atoms with Crippen LogP contribution in [0.1, 0.15) is 30.5 Å². The lowest BCUT2D eigenvalue weighted by Gasteiger charge is -2.45. The van der Waals surface area contributed by atoms with Crippen molar-refractivity contribution in [1.29, 1.82) is 0 Å². The third-order valence-electron chi connectivity index (χ3n) is 7.29. The highest BCUT2D eigenvalue weighted by atomic mass is 16.8. The zero-order valence-corrected chi connectivity index (χ0v) is 24.6. The van der Waals surface area contributed by atoms with Crippen LogP contribution in [-0.2, 0) is 53.0 Å². The maximum atomic E-state index is 9.18. The molecular formula is C33H39N3O7. The highest BCUT2D eigenvalue weighted by Crippen LogP contribution is 2.32. The molecule has 5 rings (SSSR count). The lowest BCUT2D eigenvalue weighted by molar-refractivity contribution is -0.324. The molecule has 2 aliphatic rings. The molecule has 0 saturated carbocycles. The first-order valence-electron chi connectivity index (χ1n) is 14.6. The van der Waals surface area contributed by atoms with Crippen molar-refractivity contribution < 1.29 is 33.2 Å². The van der Waals surface area contributed by atoms with Crippen LogP contribution < -0.4 is 0 Å². The van der Waals surface area contributed by atoms with Crippen LogP contribution in [0.25, 0.3) is 10.4 Å². The number of nitrogens with zero attached hydrogens (tertiary/aromatic N) is 3. The van der Waals surface area contributed by atoms with Crippen LogP contribution in [0, 0.1) is 0 Å². The number of benzene rings is 3. The van der Waals surface area contributed by atoms with E-state index < -0.39 is 36.5 Å². The van der Waals surface area contributed by atoms with E-state index in [0.29, 0.717) is 26.4 Å². The van der Waals surface area contributed by atoms with E-state index in [2.05, 4.69) is 10.0 Å². The van der Waals surface area contributed by atoms with Crippen LogP contribution in [0.3, 0.4) is 0 Å². The maximum Gasteiger partial charge on any atom is 0.186 e. The quantitative estimate of drug-likeness (QED) is 0.130. The molecule has 2 saturated heterocycles. The Bertz CT molecular complexity index is 1290. The Labute approximate surface area is 252 Å². The second kappa shape index (κ2) is 15.4. The molecule has 2 fully saturated rings. The van der Waals surface area contributed by atoms with E-state index in [-0.39, 0.29) is 19.3 Å². The topological polar surface area (TPSA) is 113 Å². The smallest absolute Gasteiger partial charge is 0.186 e. The zero-order chi connectivity index (χ0) is 29.9. The molecule has 1 unspecified atom stereocenters. The molecule has 2 heterocycles. The van der Waals surface area contributed by atoms with Gasteiger partial charge in [0.15, 0.2) is 12.1 Å². The third-order valence-corrected chi connectivity index (χ3v) is 7.29. The molecule has 3 aromatic carbocycles. The molecule has 0 N–H and O–H groups in total. The highest BCUT2D eigenvalue weighted by molar-refractivity contribution is 5.15. The fourth-order valence-electron chi connectivity index (χ4n) is 5.19. The Balaban J connectivity index is 1.42. The van der Waals surface area contributed by atoms with Crippen molar-refractivity contribution in [3.63, 3.8) is 0 Å². The summed E-state index contributed by atoms with van der Waals surface area (Å²) in [6.07, 6.45) is -3.71. The van der Waals surface area contributed by atoms with Crippen molar-refractivity contribution in [2.75, 3.05) is 19.8 Å². The third kappa shape index (κ3) is 9.09. The summed E-state index contributed by atoms with van der Waals surface area (Å²) in [5, 5.41) is 3.84. The number of hydrogen-bond donors (Lipinski definition) is 0. The normalized spacial score (nSPS) is 26.6. The van der Waals surface area contributed by atoms with Gasteiger partial charge in [-0.2, -0.15) is 0 Å². The van der Waals surface area contributed by atoms with Gasteiger partial charge in [0, 0.05) is 4.91 Å². The lowest BCUT2D eigenvalue weighted by Crippen LogP contribution is -2.61. The first-order valence-corrected chi connectivity index (χ1v) is 14.6. The molecule has 10 nitrogen and oxygen atoms in total. The molecule has 2 aliphatic heterocycles. The van der Waals surface area contributed by atoms with E-state index in [9.17, 15) is 5.53 Å². The van der Waals surface area contributed by atoms with E-state index in [0.717, 1.165) is 16.7 Å². The van der Waals surface area contributed by atoms with Crippen molar-refractivity contribution in [2.24, 2.45) is 5.11 Å². The number of rotatable bonds is 14. The Kier molecular flexibility index (Phi) is 11.2. The Morgan fingerprint density at radius 2 is 1.26 bits per heavy atom. The van der Waals surface area contributed by atoms with Crippen LogP contribution in [0.2, 0.25) is 0 Å². The minimum absolute atomic E-state index is 0.0302. The first-order chi connectivity index (χ1) is 21.0. The monoisotopic (exact) mass is 589 g/mol. The predicted molar refractivity (Wildman–Crippen MR) is 159 cm³/mol. The molecule has 0 aliphatic carbocycles. The summed E-state index contributed by atoms with van der Waals surface area (Å²) in [5.41, 5.74) is 12.2. The fourth-order valence-corrected chi connectivity index (χ4v) is 5.19. The van der Waals surface area contributed by atoms with Gasteiger partial charge in [-0.1, -0.05) is 96.1 Å². The molecule has 0 radical (unpaired) electrons. The van der Waals surface area contributed by atoms with E-state index in [1.54, 1.807) is 0 Å². The summed E-state index contributed by atoms with van der Waals surface area (Å²) in [7, 11) is 0. The minimum atomic E-state index is -0.854. The number of ether oxygens (including phenoxy) is 7. The molecular weight excluding hydrogens is 550 g/mol. The van der Waals surface area contributed by atoms with Gasteiger partial charge in [-0.15, -0.1) is 0 Å². The number of azide groups is 1. The van der Waals surface area contributed by atoms with Crippen LogP contribution in [-0.4, -0.2) is 62.4 Å².